The van der Waals surface area contributed by atoms with Gasteiger partial charge in [0.2, 0.25) is 5.89 Å². The first kappa shape index (κ1) is 17.4. The van der Waals surface area contributed by atoms with Crippen LogP contribution in [0.5, 0.6) is 0 Å². The molecule has 1 atom stereocenters. The Balaban J connectivity index is 1.31. The molecule has 25 heavy (non-hydrogen) atoms. The molecular weight excluding hydrogens is 316 g/mol. The Kier molecular flexibility index (Phi) is 6.00. The van der Waals surface area contributed by atoms with Gasteiger partial charge in [-0.2, -0.15) is 4.98 Å². The lowest BCUT2D eigenvalue weighted by molar-refractivity contribution is 0.0300. The molecule has 2 aliphatic heterocycles. The predicted molar refractivity (Wildman–Crippen MR) is 95.4 cm³/mol. The standard InChI is InChI=1S/C19H32N4O2/c1-2-6-16(5-1)19-20-18(21-25-19)15-23-9-4-3-7-17(23)8-10-22-11-13-24-14-12-22/h16-17H,1-15H2/t17-/m0/s1. The summed E-state index contributed by atoms with van der Waals surface area (Å²) in [5.74, 6) is 2.29. The molecule has 0 radical (unpaired) electrons. The highest BCUT2D eigenvalue weighted by Crippen LogP contribution is 2.33. The van der Waals surface area contributed by atoms with Gasteiger partial charge in [0, 0.05) is 25.0 Å². The van der Waals surface area contributed by atoms with Gasteiger partial charge in [0.05, 0.1) is 19.8 Å². The Labute approximate surface area is 150 Å². The average molecular weight is 348 g/mol. The van der Waals surface area contributed by atoms with Crippen LogP contribution in [0.4, 0.5) is 0 Å². The molecule has 1 aromatic rings. The van der Waals surface area contributed by atoms with Gasteiger partial charge in [0.15, 0.2) is 5.82 Å². The number of hydrogen-bond donors (Lipinski definition) is 0. The van der Waals surface area contributed by atoms with Crippen LogP contribution in [-0.2, 0) is 11.3 Å². The maximum atomic E-state index is 5.57. The van der Waals surface area contributed by atoms with E-state index >= 15 is 0 Å². The van der Waals surface area contributed by atoms with E-state index in [9.17, 15) is 0 Å². The third-order valence-corrected chi connectivity index (χ3v) is 6.16. The van der Waals surface area contributed by atoms with Gasteiger partial charge in [0.1, 0.15) is 0 Å². The first-order chi connectivity index (χ1) is 12.4. The van der Waals surface area contributed by atoms with Crippen molar-refractivity contribution in [1.29, 1.82) is 0 Å². The topological polar surface area (TPSA) is 54.6 Å². The Hall–Kier alpha value is -0.980. The Morgan fingerprint density at radius 3 is 2.60 bits per heavy atom. The van der Waals surface area contributed by atoms with Crippen LogP contribution in [0.15, 0.2) is 4.52 Å². The molecule has 0 spiro atoms. The maximum Gasteiger partial charge on any atom is 0.229 e. The molecule has 1 aromatic heterocycles. The minimum Gasteiger partial charge on any atom is -0.379 e. The third kappa shape index (κ3) is 4.60. The number of nitrogens with zero attached hydrogens (tertiary/aromatic N) is 4. The molecule has 6 heteroatoms. The molecule has 6 nitrogen and oxygen atoms in total. The van der Waals surface area contributed by atoms with Crippen molar-refractivity contribution in [1.82, 2.24) is 19.9 Å². The van der Waals surface area contributed by atoms with Crippen molar-refractivity contribution in [3.05, 3.63) is 11.7 Å². The number of hydrogen-bond acceptors (Lipinski definition) is 6. The molecule has 140 valence electrons. The zero-order valence-electron chi connectivity index (χ0n) is 15.4. The van der Waals surface area contributed by atoms with Crippen molar-refractivity contribution in [2.45, 2.75) is 69.9 Å². The quantitative estimate of drug-likeness (QED) is 0.788. The van der Waals surface area contributed by atoms with E-state index in [-0.39, 0.29) is 0 Å². The van der Waals surface area contributed by atoms with Crippen molar-refractivity contribution in [2.75, 3.05) is 39.4 Å². The fourth-order valence-electron chi connectivity index (χ4n) is 4.60. The molecule has 1 aliphatic carbocycles. The summed E-state index contributed by atoms with van der Waals surface area (Å²) in [4.78, 5) is 9.86. The monoisotopic (exact) mass is 348 g/mol. The van der Waals surface area contributed by atoms with E-state index in [0.717, 1.165) is 44.6 Å². The van der Waals surface area contributed by atoms with Crippen LogP contribution < -0.4 is 0 Å². The van der Waals surface area contributed by atoms with E-state index < -0.39 is 0 Å². The van der Waals surface area contributed by atoms with Gasteiger partial charge >= 0.3 is 0 Å². The molecule has 1 saturated carbocycles. The minimum absolute atomic E-state index is 0.514. The van der Waals surface area contributed by atoms with Crippen molar-refractivity contribution in [3.8, 4) is 0 Å². The number of likely N-dealkylation sites (tertiary alicyclic amines) is 1. The highest BCUT2D eigenvalue weighted by molar-refractivity contribution is 4.97. The van der Waals surface area contributed by atoms with E-state index in [2.05, 4.69) is 15.0 Å². The molecule has 0 aromatic carbocycles. The first-order valence-electron chi connectivity index (χ1n) is 10.2. The summed E-state index contributed by atoms with van der Waals surface area (Å²) in [6.45, 7) is 7.15. The SMILES string of the molecule is C1CCC(c2nc(CN3CCCC[C@H]3CCN3CCOCC3)no2)C1. The van der Waals surface area contributed by atoms with E-state index in [1.807, 2.05) is 0 Å². The third-order valence-electron chi connectivity index (χ3n) is 6.16. The summed E-state index contributed by atoms with van der Waals surface area (Å²) in [6.07, 6.45) is 10.2. The summed E-state index contributed by atoms with van der Waals surface area (Å²) in [5.41, 5.74) is 0. The summed E-state index contributed by atoms with van der Waals surface area (Å²) in [6, 6.07) is 0.657. The molecule has 2 saturated heterocycles. The van der Waals surface area contributed by atoms with Gasteiger partial charge in [-0.15, -0.1) is 0 Å². The van der Waals surface area contributed by atoms with Gasteiger partial charge in [-0.3, -0.25) is 9.80 Å². The van der Waals surface area contributed by atoms with Gasteiger partial charge in [-0.25, -0.2) is 0 Å². The molecule has 3 aliphatic rings. The van der Waals surface area contributed by atoms with Crippen molar-refractivity contribution in [2.24, 2.45) is 0 Å². The Morgan fingerprint density at radius 2 is 1.76 bits per heavy atom. The van der Waals surface area contributed by atoms with Gasteiger partial charge in [-0.1, -0.05) is 24.4 Å². The first-order valence-corrected chi connectivity index (χ1v) is 10.2. The van der Waals surface area contributed by atoms with E-state index in [0.29, 0.717) is 12.0 Å². The predicted octanol–water partition coefficient (Wildman–Crippen LogP) is 2.80. The highest BCUT2D eigenvalue weighted by atomic mass is 16.5. The minimum atomic E-state index is 0.514. The maximum absolute atomic E-state index is 5.57. The zero-order valence-corrected chi connectivity index (χ0v) is 15.4. The number of ether oxygens (including phenoxy) is 1. The van der Waals surface area contributed by atoms with Crippen LogP contribution >= 0.6 is 0 Å². The van der Waals surface area contributed by atoms with Gasteiger partial charge in [0.25, 0.3) is 0 Å². The zero-order chi connectivity index (χ0) is 16.9. The largest absolute Gasteiger partial charge is 0.379 e. The van der Waals surface area contributed by atoms with E-state index in [1.165, 1.54) is 64.5 Å². The van der Waals surface area contributed by atoms with Crippen LogP contribution in [0.3, 0.4) is 0 Å². The van der Waals surface area contributed by atoms with Crippen molar-refractivity contribution < 1.29 is 9.26 Å². The molecule has 4 rings (SSSR count). The van der Waals surface area contributed by atoms with E-state index in [1.54, 1.807) is 0 Å². The second-order valence-electron chi connectivity index (χ2n) is 7.89. The van der Waals surface area contributed by atoms with Crippen LogP contribution in [-0.4, -0.2) is 65.4 Å². The number of piperidine rings is 1. The second kappa shape index (κ2) is 8.60. The van der Waals surface area contributed by atoms with Crippen LogP contribution in [0, 0.1) is 0 Å². The molecule has 0 bridgehead atoms. The fourth-order valence-corrected chi connectivity index (χ4v) is 4.60. The van der Waals surface area contributed by atoms with E-state index in [4.69, 9.17) is 14.2 Å². The van der Waals surface area contributed by atoms with Crippen LogP contribution in [0.1, 0.15) is 69.0 Å². The second-order valence-corrected chi connectivity index (χ2v) is 7.89. The van der Waals surface area contributed by atoms with Crippen molar-refractivity contribution >= 4 is 0 Å². The number of aromatic nitrogens is 2. The smallest absolute Gasteiger partial charge is 0.229 e. The Morgan fingerprint density at radius 1 is 0.960 bits per heavy atom. The molecule has 3 heterocycles. The lowest BCUT2D eigenvalue weighted by atomic mass is 9.99. The summed E-state index contributed by atoms with van der Waals surface area (Å²) in [5, 5.41) is 4.28. The van der Waals surface area contributed by atoms with Crippen molar-refractivity contribution in [3.63, 3.8) is 0 Å². The normalized spacial score (nSPS) is 27.1. The van der Waals surface area contributed by atoms with Gasteiger partial charge < -0.3 is 9.26 Å². The number of morpholine rings is 1. The molecule has 0 N–H and O–H groups in total. The van der Waals surface area contributed by atoms with Crippen LogP contribution in [0.2, 0.25) is 0 Å². The molecule has 0 amide bonds. The Bertz CT molecular complexity index is 523. The molecule has 0 unspecified atom stereocenters. The lowest BCUT2D eigenvalue weighted by Crippen LogP contribution is -2.43. The highest BCUT2D eigenvalue weighted by Gasteiger charge is 2.27. The van der Waals surface area contributed by atoms with Gasteiger partial charge in [-0.05, 0) is 45.2 Å². The lowest BCUT2D eigenvalue weighted by Gasteiger charge is -2.36. The summed E-state index contributed by atoms with van der Waals surface area (Å²) < 4.78 is 11.0. The van der Waals surface area contributed by atoms with Crippen LogP contribution in [0.25, 0.3) is 0 Å². The molecular formula is C19H32N4O2. The number of rotatable bonds is 6. The summed E-state index contributed by atoms with van der Waals surface area (Å²) in [7, 11) is 0. The fraction of sp³-hybridized carbons (Fsp3) is 0.895. The molecule has 3 fully saturated rings. The average Bonchev–Trinajstić information content (AvgIpc) is 3.33. The summed E-state index contributed by atoms with van der Waals surface area (Å²) >= 11 is 0.